The standard InChI is InChI=1S/C20H18N4O3/c25-19-8-3-14-11-16(6-7-17(14)23-19)27-12-20(26)22-15-4-1-13(2-5-15)18-9-10-21-24-18/h1-2,4-7,9-11H,3,8,12H2,(H,21,24)(H,22,26)(H,23,25). The van der Waals surface area contributed by atoms with Gasteiger partial charge in [-0.1, -0.05) is 12.1 Å². The molecule has 2 heterocycles. The number of rotatable bonds is 5. The molecule has 4 rings (SSSR count). The number of amides is 2. The summed E-state index contributed by atoms with van der Waals surface area (Å²) >= 11 is 0. The van der Waals surface area contributed by atoms with E-state index in [1.54, 1.807) is 18.3 Å². The lowest BCUT2D eigenvalue weighted by Gasteiger charge is -2.17. The molecule has 7 nitrogen and oxygen atoms in total. The topological polar surface area (TPSA) is 96.1 Å². The van der Waals surface area contributed by atoms with Crippen LogP contribution in [0, 0.1) is 0 Å². The lowest BCUT2D eigenvalue weighted by molar-refractivity contribution is -0.118. The van der Waals surface area contributed by atoms with Crippen molar-refractivity contribution in [2.24, 2.45) is 0 Å². The second-order valence-electron chi connectivity index (χ2n) is 6.25. The predicted molar refractivity (Wildman–Crippen MR) is 102 cm³/mol. The Kier molecular flexibility index (Phi) is 4.57. The van der Waals surface area contributed by atoms with Gasteiger partial charge in [0, 0.05) is 24.0 Å². The number of fused-ring (bicyclic) bond motifs is 1. The number of carbonyl (C=O) groups is 2. The molecule has 0 aliphatic carbocycles. The first-order chi connectivity index (χ1) is 13.2. The maximum absolute atomic E-state index is 12.1. The summed E-state index contributed by atoms with van der Waals surface area (Å²) in [6, 6.07) is 14.8. The molecule has 3 aromatic rings. The number of aryl methyl sites for hydroxylation is 1. The molecule has 0 bridgehead atoms. The van der Waals surface area contributed by atoms with Gasteiger partial charge in [0.25, 0.3) is 5.91 Å². The zero-order valence-electron chi connectivity index (χ0n) is 14.5. The van der Waals surface area contributed by atoms with E-state index in [0.29, 0.717) is 24.3 Å². The van der Waals surface area contributed by atoms with Crippen molar-refractivity contribution in [3.8, 4) is 17.0 Å². The fourth-order valence-electron chi connectivity index (χ4n) is 2.95. The third-order valence-electron chi connectivity index (χ3n) is 4.32. The summed E-state index contributed by atoms with van der Waals surface area (Å²) in [5.74, 6) is 0.388. The van der Waals surface area contributed by atoms with Crippen molar-refractivity contribution in [2.75, 3.05) is 17.2 Å². The first-order valence-electron chi connectivity index (χ1n) is 8.62. The van der Waals surface area contributed by atoms with Crippen molar-refractivity contribution in [1.82, 2.24) is 10.2 Å². The Morgan fingerprint density at radius 1 is 1.11 bits per heavy atom. The second kappa shape index (κ2) is 7.33. The number of anilines is 2. The van der Waals surface area contributed by atoms with Crippen LogP contribution in [0.2, 0.25) is 0 Å². The number of aromatic nitrogens is 2. The largest absolute Gasteiger partial charge is 0.484 e. The summed E-state index contributed by atoms with van der Waals surface area (Å²) in [4.78, 5) is 23.5. The van der Waals surface area contributed by atoms with Crippen molar-refractivity contribution >= 4 is 23.2 Å². The monoisotopic (exact) mass is 362 g/mol. The third-order valence-corrected chi connectivity index (χ3v) is 4.32. The van der Waals surface area contributed by atoms with Crippen LogP contribution in [0.3, 0.4) is 0 Å². The lowest BCUT2D eigenvalue weighted by Crippen LogP contribution is -2.21. The normalized spacial score (nSPS) is 12.8. The van der Waals surface area contributed by atoms with Crippen LogP contribution in [0.25, 0.3) is 11.3 Å². The lowest BCUT2D eigenvalue weighted by atomic mass is 10.0. The molecule has 0 fully saturated rings. The molecule has 1 aliphatic rings. The van der Waals surface area contributed by atoms with Crippen molar-refractivity contribution < 1.29 is 14.3 Å². The highest BCUT2D eigenvalue weighted by Crippen LogP contribution is 2.26. The Hall–Kier alpha value is -3.61. The van der Waals surface area contributed by atoms with E-state index in [4.69, 9.17) is 4.74 Å². The molecule has 0 saturated heterocycles. The molecule has 1 aromatic heterocycles. The molecular formula is C20H18N4O3. The number of carbonyl (C=O) groups excluding carboxylic acids is 2. The van der Waals surface area contributed by atoms with Crippen LogP contribution in [0.1, 0.15) is 12.0 Å². The van der Waals surface area contributed by atoms with E-state index in [-0.39, 0.29) is 18.4 Å². The van der Waals surface area contributed by atoms with Gasteiger partial charge in [0.1, 0.15) is 5.75 Å². The summed E-state index contributed by atoms with van der Waals surface area (Å²) in [5, 5.41) is 12.4. The van der Waals surface area contributed by atoms with Crippen LogP contribution in [0.15, 0.2) is 54.7 Å². The average Bonchev–Trinajstić information content (AvgIpc) is 3.22. The Bertz CT molecular complexity index is 965. The van der Waals surface area contributed by atoms with Crippen LogP contribution < -0.4 is 15.4 Å². The number of H-pyrrole nitrogens is 1. The van der Waals surface area contributed by atoms with Crippen LogP contribution in [0.5, 0.6) is 5.75 Å². The molecule has 0 radical (unpaired) electrons. The molecule has 0 saturated carbocycles. The number of ether oxygens (including phenoxy) is 1. The molecular weight excluding hydrogens is 344 g/mol. The number of aromatic amines is 1. The summed E-state index contributed by atoms with van der Waals surface area (Å²) < 4.78 is 5.58. The van der Waals surface area contributed by atoms with E-state index in [1.807, 2.05) is 36.4 Å². The Morgan fingerprint density at radius 3 is 2.74 bits per heavy atom. The highest BCUT2D eigenvalue weighted by atomic mass is 16.5. The molecule has 0 spiro atoms. The summed E-state index contributed by atoms with van der Waals surface area (Å²) in [5.41, 5.74) is 4.42. The van der Waals surface area contributed by atoms with Crippen molar-refractivity contribution in [1.29, 1.82) is 0 Å². The zero-order valence-corrected chi connectivity index (χ0v) is 14.5. The molecule has 3 N–H and O–H groups in total. The highest BCUT2D eigenvalue weighted by Gasteiger charge is 2.15. The number of nitrogens with one attached hydrogen (secondary N) is 3. The predicted octanol–water partition coefficient (Wildman–Crippen LogP) is 2.98. The van der Waals surface area contributed by atoms with Gasteiger partial charge in [-0.15, -0.1) is 0 Å². The maximum atomic E-state index is 12.1. The number of hydrogen-bond donors (Lipinski definition) is 3. The fraction of sp³-hybridized carbons (Fsp3) is 0.150. The average molecular weight is 362 g/mol. The number of hydrogen-bond acceptors (Lipinski definition) is 4. The van der Waals surface area contributed by atoms with Crippen molar-refractivity contribution in [3.63, 3.8) is 0 Å². The quantitative estimate of drug-likeness (QED) is 0.650. The van der Waals surface area contributed by atoms with Gasteiger partial charge >= 0.3 is 0 Å². The van der Waals surface area contributed by atoms with Crippen molar-refractivity contribution in [2.45, 2.75) is 12.8 Å². The molecule has 27 heavy (non-hydrogen) atoms. The number of benzene rings is 2. The maximum Gasteiger partial charge on any atom is 0.262 e. The molecule has 0 unspecified atom stereocenters. The van der Waals surface area contributed by atoms with Gasteiger partial charge in [0.2, 0.25) is 5.91 Å². The van der Waals surface area contributed by atoms with Gasteiger partial charge in [0.15, 0.2) is 6.61 Å². The van der Waals surface area contributed by atoms with Crippen LogP contribution in [0.4, 0.5) is 11.4 Å². The van der Waals surface area contributed by atoms with Crippen molar-refractivity contribution in [3.05, 3.63) is 60.3 Å². The smallest absolute Gasteiger partial charge is 0.262 e. The highest BCUT2D eigenvalue weighted by molar-refractivity contribution is 5.94. The third kappa shape index (κ3) is 3.98. The molecule has 2 amide bonds. The van der Waals surface area contributed by atoms with Gasteiger partial charge in [-0.3, -0.25) is 14.7 Å². The van der Waals surface area contributed by atoms with E-state index in [2.05, 4.69) is 20.8 Å². The first-order valence-corrected chi connectivity index (χ1v) is 8.62. The van der Waals surface area contributed by atoms with E-state index < -0.39 is 0 Å². The number of nitrogens with zero attached hydrogens (tertiary/aromatic N) is 1. The SMILES string of the molecule is O=C(COc1ccc2c(c1)CCC(=O)N2)Nc1ccc(-c2ccn[nH]2)cc1. The zero-order chi connectivity index (χ0) is 18.6. The Labute approximate surface area is 155 Å². The molecule has 0 atom stereocenters. The minimum atomic E-state index is -0.240. The van der Waals surface area contributed by atoms with Gasteiger partial charge in [-0.05, 0) is 53.9 Å². The Morgan fingerprint density at radius 2 is 1.96 bits per heavy atom. The van der Waals surface area contributed by atoms with Gasteiger partial charge in [0.05, 0.1) is 5.69 Å². The van der Waals surface area contributed by atoms with E-state index >= 15 is 0 Å². The minimum Gasteiger partial charge on any atom is -0.484 e. The minimum absolute atomic E-state index is 0.0223. The fourth-order valence-corrected chi connectivity index (χ4v) is 2.95. The summed E-state index contributed by atoms with van der Waals surface area (Å²) in [7, 11) is 0. The summed E-state index contributed by atoms with van der Waals surface area (Å²) in [6.45, 7) is -0.0898. The van der Waals surface area contributed by atoms with E-state index in [1.165, 1.54) is 0 Å². The second-order valence-corrected chi connectivity index (χ2v) is 6.25. The van der Waals surface area contributed by atoms with Gasteiger partial charge in [-0.2, -0.15) is 5.10 Å². The molecule has 7 heteroatoms. The van der Waals surface area contributed by atoms with Crippen LogP contribution in [-0.2, 0) is 16.0 Å². The summed E-state index contributed by atoms with van der Waals surface area (Å²) in [6.07, 6.45) is 2.83. The van der Waals surface area contributed by atoms with Crippen LogP contribution >= 0.6 is 0 Å². The molecule has 1 aliphatic heterocycles. The van der Waals surface area contributed by atoms with Gasteiger partial charge in [-0.25, -0.2) is 0 Å². The van der Waals surface area contributed by atoms with Crippen LogP contribution in [-0.4, -0.2) is 28.6 Å². The van der Waals surface area contributed by atoms with E-state index in [9.17, 15) is 9.59 Å². The first kappa shape index (κ1) is 16.8. The van der Waals surface area contributed by atoms with Gasteiger partial charge < -0.3 is 15.4 Å². The molecule has 136 valence electrons. The van der Waals surface area contributed by atoms with E-state index in [0.717, 1.165) is 22.5 Å². The molecule has 2 aromatic carbocycles. The Balaban J connectivity index is 1.33.